The quantitative estimate of drug-likeness (QED) is 0.221. The van der Waals surface area contributed by atoms with Gasteiger partial charge in [-0.05, 0) is 39.7 Å². The number of pyridine rings is 1. The van der Waals surface area contributed by atoms with Gasteiger partial charge in [-0.3, -0.25) is 4.79 Å². The van der Waals surface area contributed by atoms with E-state index < -0.39 is 17.2 Å². The second-order valence-corrected chi connectivity index (χ2v) is 11.0. The number of nitrogens with one attached hydrogen (secondary N) is 2. The average molecular weight is 559 g/mol. The molecule has 0 radical (unpaired) electrons. The molecule has 1 aliphatic rings. The number of carbonyl (C=O) groups is 1. The van der Waals surface area contributed by atoms with Crippen LogP contribution in [0.15, 0.2) is 53.2 Å². The number of hydrogen-bond donors (Lipinski definition) is 4. The number of amides is 1. The van der Waals surface area contributed by atoms with Gasteiger partial charge in [-0.1, -0.05) is 37.3 Å². The van der Waals surface area contributed by atoms with Crippen LogP contribution in [-0.2, 0) is 11.1 Å². The van der Waals surface area contributed by atoms with Gasteiger partial charge in [-0.2, -0.15) is 0 Å². The number of carbonyl (C=O) groups excluding carboxylic acids is 1. The van der Waals surface area contributed by atoms with Gasteiger partial charge in [0.15, 0.2) is 0 Å². The molecule has 0 spiro atoms. The van der Waals surface area contributed by atoms with Gasteiger partial charge < -0.3 is 30.2 Å². The third kappa shape index (κ3) is 5.48. The molecule has 3 aromatic heterocycles. The molecule has 5 rings (SSSR count). The van der Waals surface area contributed by atoms with E-state index in [1.807, 2.05) is 56.0 Å². The minimum atomic E-state index is -1.32. The number of anilines is 3. The maximum absolute atomic E-state index is 12.9. The Morgan fingerprint density at radius 1 is 1.10 bits per heavy atom. The summed E-state index contributed by atoms with van der Waals surface area (Å²) < 4.78 is 5.77. The molecule has 1 aliphatic heterocycles. The lowest BCUT2D eigenvalue weighted by atomic mass is 10.0. The molecule has 214 valence electrons. The summed E-state index contributed by atoms with van der Waals surface area (Å²) in [5.41, 5.74) is 1.14. The van der Waals surface area contributed by atoms with Crippen molar-refractivity contribution < 1.29 is 19.4 Å². The lowest BCUT2D eigenvalue weighted by Crippen LogP contribution is -2.39. The van der Waals surface area contributed by atoms with Gasteiger partial charge in [0.05, 0.1) is 40.7 Å². The summed E-state index contributed by atoms with van der Waals surface area (Å²) in [5.74, 6) is 0.837. The van der Waals surface area contributed by atoms with E-state index >= 15 is 0 Å². The Hall–Kier alpha value is -4.42. The molecule has 1 amide bonds. The monoisotopic (exact) mass is 558 g/mol. The molecule has 0 fully saturated rings. The van der Waals surface area contributed by atoms with Crippen molar-refractivity contribution in [1.29, 1.82) is 0 Å². The van der Waals surface area contributed by atoms with Crippen molar-refractivity contribution >= 4 is 23.4 Å². The highest BCUT2D eigenvalue weighted by atomic mass is 16.4. The van der Waals surface area contributed by atoms with Gasteiger partial charge in [0.2, 0.25) is 11.8 Å². The van der Waals surface area contributed by atoms with Crippen molar-refractivity contribution in [1.82, 2.24) is 30.0 Å². The third-order valence-electron chi connectivity index (χ3n) is 7.00. The molecule has 0 saturated heterocycles. The van der Waals surface area contributed by atoms with Crippen molar-refractivity contribution in [3.63, 3.8) is 0 Å². The number of aliphatic hydroxyl groups is 2. The molecule has 41 heavy (non-hydrogen) atoms. The second kappa shape index (κ2) is 10.9. The molecule has 12 nitrogen and oxygen atoms in total. The Kier molecular flexibility index (Phi) is 7.45. The standard InChI is InChI=1S/C29H34N8O4/c1-6-12-37-25(39)19-15-31-27(34-23(19)28(37,2)3)33-22-13-20(32-21(16-38)17-10-8-7-9-11-17)18(14-30-22)24-35-36-26(41-24)29(4,5)40/h7-11,13-15,21,38,40H,6,12,16H2,1-5H3,(H2,30,31,32,33,34)/t21-/m1/s1. The predicted molar refractivity (Wildman–Crippen MR) is 152 cm³/mol. The van der Waals surface area contributed by atoms with E-state index in [-0.39, 0.29) is 30.2 Å². The maximum atomic E-state index is 12.9. The largest absolute Gasteiger partial charge is 0.417 e. The van der Waals surface area contributed by atoms with E-state index in [0.717, 1.165) is 12.0 Å². The van der Waals surface area contributed by atoms with Crippen LogP contribution in [0.4, 0.5) is 17.5 Å². The summed E-state index contributed by atoms with van der Waals surface area (Å²) in [6.07, 6.45) is 3.93. The fourth-order valence-corrected chi connectivity index (χ4v) is 4.81. The van der Waals surface area contributed by atoms with Crippen LogP contribution in [-0.4, -0.2) is 59.3 Å². The number of rotatable bonds is 10. The fourth-order valence-electron chi connectivity index (χ4n) is 4.81. The Labute approximate surface area is 237 Å². The number of aliphatic hydroxyl groups excluding tert-OH is 1. The van der Waals surface area contributed by atoms with E-state index in [1.54, 1.807) is 32.3 Å². The number of aromatic nitrogens is 5. The summed E-state index contributed by atoms with van der Waals surface area (Å²) in [7, 11) is 0. The number of fused-ring (bicyclic) bond motifs is 1. The van der Waals surface area contributed by atoms with Gasteiger partial charge in [-0.25, -0.2) is 15.0 Å². The minimum absolute atomic E-state index is 0.0586. The third-order valence-corrected chi connectivity index (χ3v) is 7.00. The van der Waals surface area contributed by atoms with Crippen LogP contribution < -0.4 is 10.6 Å². The molecule has 4 aromatic rings. The Morgan fingerprint density at radius 2 is 1.83 bits per heavy atom. The molecular weight excluding hydrogens is 524 g/mol. The highest BCUT2D eigenvalue weighted by molar-refractivity contribution is 5.99. The summed E-state index contributed by atoms with van der Waals surface area (Å²) in [6, 6.07) is 10.8. The van der Waals surface area contributed by atoms with E-state index in [2.05, 4.69) is 30.8 Å². The molecular formula is C29H34N8O4. The van der Waals surface area contributed by atoms with Gasteiger partial charge in [0.1, 0.15) is 11.4 Å². The van der Waals surface area contributed by atoms with Crippen LogP contribution in [0.3, 0.4) is 0 Å². The molecule has 1 aromatic carbocycles. The first-order chi connectivity index (χ1) is 19.5. The van der Waals surface area contributed by atoms with Crippen LogP contribution in [0.1, 0.15) is 74.6 Å². The highest BCUT2D eigenvalue weighted by Gasteiger charge is 2.44. The van der Waals surface area contributed by atoms with Gasteiger partial charge >= 0.3 is 0 Å². The zero-order valence-corrected chi connectivity index (χ0v) is 23.7. The van der Waals surface area contributed by atoms with E-state index in [1.165, 1.54) is 0 Å². The zero-order valence-electron chi connectivity index (χ0n) is 23.7. The lowest BCUT2D eigenvalue weighted by Gasteiger charge is -2.31. The summed E-state index contributed by atoms with van der Waals surface area (Å²) >= 11 is 0. The van der Waals surface area contributed by atoms with Crippen LogP contribution in [0.25, 0.3) is 11.5 Å². The first-order valence-corrected chi connectivity index (χ1v) is 13.5. The topological polar surface area (TPSA) is 162 Å². The average Bonchev–Trinajstić information content (AvgIpc) is 3.51. The van der Waals surface area contributed by atoms with E-state index in [4.69, 9.17) is 9.40 Å². The molecule has 0 saturated carbocycles. The fraction of sp³-hybridized carbons (Fsp3) is 0.379. The first-order valence-electron chi connectivity index (χ1n) is 13.5. The molecule has 4 N–H and O–H groups in total. The SMILES string of the molecule is CCCN1C(=O)c2cnc(Nc3cc(N[C@H](CO)c4ccccc4)c(-c4nnc(C(C)(C)O)o4)cn3)nc2C1(C)C. The van der Waals surface area contributed by atoms with Crippen LogP contribution in [0, 0.1) is 0 Å². The van der Waals surface area contributed by atoms with Gasteiger partial charge in [0.25, 0.3) is 11.8 Å². The second-order valence-electron chi connectivity index (χ2n) is 11.0. The maximum Gasteiger partial charge on any atom is 0.258 e. The predicted octanol–water partition coefficient (Wildman–Crippen LogP) is 4.14. The summed E-state index contributed by atoms with van der Waals surface area (Å²) in [6.45, 7) is 9.54. The minimum Gasteiger partial charge on any atom is -0.417 e. The zero-order chi connectivity index (χ0) is 29.4. The number of nitrogens with zero attached hydrogens (tertiary/aromatic N) is 6. The van der Waals surface area contributed by atoms with Crippen molar-refractivity contribution in [2.24, 2.45) is 0 Å². The number of benzene rings is 1. The first kappa shape index (κ1) is 28.1. The normalized spacial score (nSPS) is 15.1. The molecule has 0 unspecified atom stereocenters. The van der Waals surface area contributed by atoms with Crippen molar-refractivity contribution in [3.05, 3.63) is 71.5 Å². The Morgan fingerprint density at radius 3 is 2.49 bits per heavy atom. The Balaban J connectivity index is 1.50. The smallest absolute Gasteiger partial charge is 0.258 e. The molecule has 0 bridgehead atoms. The van der Waals surface area contributed by atoms with Gasteiger partial charge in [-0.15, -0.1) is 10.2 Å². The van der Waals surface area contributed by atoms with Crippen LogP contribution >= 0.6 is 0 Å². The Bertz CT molecular complexity index is 1550. The molecule has 1 atom stereocenters. The van der Waals surface area contributed by atoms with Crippen molar-refractivity contribution in [3.8, 4) is 11.5 Å². The highest BCUT2D eigenvalue weighted by Crippen LogP contribution is 2.38. The van der Waals surface area contributed by atoms with Crippen LogP contribution in [0.5, 0.6) is 0 Å². The van der Waals surface area contributed by atoms with Crippen LogP contribution in [0.2, 0.25) is 0 Å². The van der Waals surface area contributed by atoms with Crippen molar-refractivity contribution in [2.45, 2.75) is 58.2 Å². The van der Waals surface area contributed by atoms with E-state index in [0.29, 0.717) is 34.9 Å². The lowest BCUT2D eigenvalue weighted by molar-refractivity contribution is 0.0487. The van der Waals surface area contributed by atoms with E-state index in [9.17, 15) is 15.0 Å². The van der Waals surface area contributed by atoms with Crippen molar-refractivity contribution in [2.75, 3.05) is 23.8 Å². The summed E-state index contributed by atoms with van der Waals surface area (Å²) in [4.78, 5) is 28.4. The molecule has 4 heterocycles. The number of hydrogen-bond acceptors (Lipinski definition) is 11. The molecule has 0 aliphatic carbocycles. The van der Waals surface area contributed by atoms with Gasteiger partial charge in [0, 0.05) is 25.0 Å². The summed E-state index contributed by atoms with van der Waals surface area (Å²) in [5, 5.41) is 35.1. The molecule has 12 heteroatoms.